The number of fused-ring (bicyclic) bond motifs is 1. The lowest BCUT2D eigenvalue weighted by Gasteiger charge is -2.26. The van der Waals surface area contributed by atoms with Crippen molar-refractivity contribution in [3.63, 3.8) is 0 Å². The van der Waals surface area contributed by atoms with Crippen molar-refractivity contribution in [3.8, 4) is 0 Å². The summed E-state index contributed by atoms with van der Waals surface area (Å²) < 4.78 is 0. The van der Waals surface area contributed by atoms with E-state index in [1.807, 2.05) is 23.1 Å². The second-order valence-corrected chi connectivity index (χ2v) is 11.1. The fourth-order valence-corrected chi connectivity index (χ4v) is 6.65. The molecule has 2 aromatic carbocycles. The summed E-state index contributed by atoms with van der Waals surface area (Å²) in [5.74, 6) is 1.23. The van der Waals surface area contributed by atoms with E-state index in [-0.39, 0.29) is 23.8 Å². The first-order valence-electron chi connectivity index (χ1n) is 12.8. The van der Waals surface area contributed by atoms with Crippen LogP contribution in [-0.2, 0) is 4.79 Å². The highest BCUT2D eigenvalue weighted by Crippen LogP contribution is 2.35. The second-order valence-electron chi connectivity index (χ2n) is 10.3. The van der Waals surface area contributed by atoms with Crippen molar-refractivity contribution in [1.82, 2.24) is 15.1 Å². The van der Waals surface area contributed by atoms with Crippen LogP contribution in [0.4, 0.5) is 0 Å². The van der Waals surface area contributed by atoms with E-state index in [4.69, 9.17) is 23.2 Å². The van der Waals surface area contributed by atoms with Crippen LogP contribution in [0.25, 0.3) is 0 Å². The Bertz CT molecular complexity index is 1020. The minimum absolute atomic E-state index is 0.0326. The topological polar surface area (TPSA) is 52.7 Å². The van der Waals surface area contributed by atoms with Crippen molar-refractivity contribution < 1.29 is 9.59 Å². The van der Waals surface area contributed by atoms with Crippen LogP contribution >= 0.6 is 23.2 Å². The number of rotatable bonds is 7. The van der Waals surface area contributed by atoms with Crippen LogP contribution in [0.2, 0.25) is 10.0 Å². The van der Waals surface area contributed by atoms with Crippen molar-refractivity contribution in [2.45, 2.75) is 38.1 Å². The minimum atomic E-state index is -0.0692. The maximum Gasteiger partial charge on any atom is 0.256 e. The molecule has 0 spiro atoms. The summed E-state index contributed by atoms with van der Waals surface area (Å²) in [6, 6.07) is 15.6. The molecule has 5 rings (SSSR count). The van der Waals surface area contributed by atoms with Gasteiger partial charge < -0.3 is 15.1 Å². The molecule has 2 unspecified atom stereocenters. The number of carbonyl (C=O) groups excluding carboxylic acids is 2. The maximum absolute atomic E-state index is 13.1. The molecule has 35 heavy (non-hydrogen) atoms. The fraction of sp³-hybridized carbons (Fsp3) is 0.500. The van der Waals surface area contributed by atoms with E-state index in [1.54, 1.807) is 18.2 Å². The number of hydrogen-bond donors (Lipinski definition) is 1. The molecule has 0 radical (unpaired) electrons. The molecule has 7 heteroatoms. The van der Waals surface area contributed by atoms with E-state index < -0.39 is 0 Å². The smallest absolute Gasteiger partial charge is 0.256 e. The Labute approximate surface area is 217 Å². The fourth-order valence-electron chi connectivity index (χ4n) is 6.10. The Kier molecular flexibility index (Phi) is 7.66. The number of halogens is 2. The van der Waals surface area contributed by atoms with Crippen LogP contribution in [0.1, 0.15) is 54.1 Å². The van der Waals surface area contributed by atoms with E-state index >= 15 is 0 Å². The van der Waals surface area contributed by atoms with Crippen molar-refractivity contribution in [1.29, 1.82) is 0 Å². The number of amides is 2. The first-order valence-corrected chi connectivity index (χ1v) is 13.6. The van der Waals surface area contributed by atoms with Gasteiger partial charge in [0.15, 0.2) is 0 Å². The van der Waals surface area contributed by atoms with Gasteiger partial charge in [-0.3, -0.25) is 9.59 Å². The van der Waals surface area contributed by atoms with Crippen LogP contribution in [-0.4, -0.2) is 54.3 Å². The minimum Gasteiger partial charge on any atom is -0.349 e. The van der Waals surface area contributed by atoms with E-state index in [1.165, 1.54) is 5.56 Å². The monoisotopic (exact) mass is 513 g/mol. The molecule has 186 valence electrons. The van der Waals surface area contributed by atoms with Crippen LogP contribution < -0.4 is 5.32 Å². The zero-order valence-electron chi connectivity index (χ0n) is 20.0. The molecule has 2 amide bonds. The van der Waals surface area contributed by atoms with Crippen LogP contribution in [0.15, 0.2) is 48.5 Å². The Morgan fingerprint density at radius 3 is 2.14 bits per heavy atom. The lowest BCUT2D eigenvalue weighted by atomic mass is 10.0. The van der Waals surface area contributed by atoms with Crippen molar-refractivity contribution in [2.24, 2.45) is 17.8 Å². The second kappa shape index (κ2) is 10.9. The van der Waals surface area contributed by atoms with Gasteiger partial charge in [-0.1, -0.05) is 72.4 Å². The zero-order chi connectivity index (χ0) is 24.4. The lowest BCUT2D eigenvalue weighted by Crippen LogP contribution is -2.36. The molecule has 3 aliphatic rings. The Morgan fingerprint density at radius 1 is 0.886 bits per heavy atom. The summed E-state index contributed by atoms with van der Waals surface area (Å²) in [6.07, 6.45) is 5.23. The van der Waals surface area contributed by atoms with E-state index in [2.05, 4.69) is 22.3 Å². The molecule has 2 saturated heterocycles. The number of hydrogen-bond acceptors (Lipinski definition) is 3. The predicted octanol–water partition coefficient (Wildman–Crippen LogP) is 5.44. The predicted molar refractivity (Wildman–Crippen MR) is 140 cm³/mol. The molecule has 1 N–H and O–H groups in total. The van der Waals surface area contributed by atoms with Gasteiger partial charge in [-0.15, -0.1) is 0 Å². The highest BCUT2D eigenvalue weighted by molar-refractivity contribution is 6.39. The normalized spacial score (nSPS) is 23.4. The number of likely N-dealkylation sites (tertiary alicyclic amines) is 2. The average Bonchev–Trinajstić information content (AvgIpc) is 3.59. The van der Waals surface area contributed by atoms with Gasteiger partial charge in [-0.05, 0) is 48.8 Å². The molecule has 5 nitrogen and oxygen atoms in total. The van der Waals surface area contributed by atoms with Gasteiger partial charge in [0.1, 0.15) is 0 Å². The molecule has 0 bridgehead atoms. The van der Waals surface area contributed by atoms with Crippen LogP contribution in [0, 0.1) is 17.8 Å². The molecule has 3 atom stereocenters. The Balaban J connectivity index is 1.17. The molecule has 1 saturated carbocycles. The molecule has 2 heterocycles. The molecule has 3 fully saturated rings. The summed E-state index contributed by atoms with van der Waals surface area (Å²) in [5, 5.41) is 4.18. The molecule has 1 aliphatic carbocycles. The Hall–Kier alpha value is -2.08. The largest absolute Gasteiger partial charge is 0.349 e. The number of benzene rings is 2. The third-order valence-electron chi connectivity index (χ3n) is 8.00. The maximum atomic E-state index is 13.1. The van der Waals surface area contributed by atoms with Crippen LogP contribution in [0.5, 0.6) is 0 Å². The quantitative estimate of drug-likeness (QED) is 0.536. The van der Waals surface area contributed by atoms with Gasteiger partial charge in [0, 0.05) is 38.6 Å². The van der Waals surface area contributed by atoms with Gasteiger partial charge >= 0.3 is 0 Å². The van der Waals surface area contributed by atoms with E-state index in [0.717, 1.165) is 64.8 Å². The summed E-state index contributed by atoms with van der Waals surface area (Å²) in [6.45, 7) is 4.36. The van der Waals surface area contributed by atoms with Crippen molar-refractivity contribution in [2.75, 3.05) is 32.7 Å². The number of nitrogens with zero attached hydrogens (tertiary/aromatic N) is 2. The highest BCUT2D eigenvalue weighted by Gasteiger charge is 2.42. The molecule has 0 aromatic heterocycles. The molecular weight excluding hydrogens is 481 g/mol. The average molecular weight is 514 g/mol. The zero-order valence-corrected chi connectivity index (χ0v) is 21.5. The highest BCUT2D eigenvalue weighted by atomic mass is 35.5. The SMILES string of the molecule is O=C(N[C@@H](CCN1CC2CN(C(=O)c3c(Cl)cccc3Cl)CC2C1)c1ccccc1)C1CCCC1. The Morgan fingerprint density at radius 2 is 1.51 bits per heavy atom. The van der Waals surface area contributed by atoms with Crippen molar-refractivity contribution >= 4 is 35.0 Å². The number of nitrogens with one attached hydrogen (secondary N) is 1. The van der Waals surface area contributed by atoms with Crippen molar-refractivity contribution in [3.05, 3.63) is 69.7 Å². The summed E-state index contributed by atoms with van der Waals surface area (Å²) in [5.41, 5.74) is 1.59. The van der Waals surface area contributed by atoms with Gasteiger partial charge in [0.05, 0.1) is 21.7 Å². The van der Waals surface area contributed by atoms with Gasteiger partial charge in [0.2, 0.25) is 5.91 Å². The summed E-state index contributed by atoms with van der Waals surface area (Å²) in [4.78, 5) is 30.4. The van der Waals surface area contributed by atoms with Crippen LogP contribution in [0.3, 0.4) is 0 Å². The summed E-state index contributed by atoms with van der Waals surface area (Å²) in [7, 11) is 0. The third-order valence-corrected chi connectivity index (χ3v) is 8.63. The standard InChI is InChI=1S/C28H33Cl2N3O2/c29-23-11-6-12-24(30)26(23)28(35)33-17-21-15-32(16-22(21)18-33)14-13-25(19-7-2-1-3-8-19)31-27(34)20-9-4-5-10-20/h1-3,6-8,11-12,20-22,25H,4-5,9-10,13-18H2,(H,31,34)/t21?,22?,25-/m0/s1. The first-order chi connectivity index (χ1) is 17.0. The van der Waals surface area contributed by atoms with Gasteiger partial charge in [0.25, 0.3) is 5.91 Å². The van der Waals surface area contributed by atoms with E-state index in [9.17, 15) is 9.59 Å². The van der Waals surface area contributed by atoms with Gasteiger partial charge in [-0.2, -0.15) is 0 Å². The molecule has 2 aromatic rings. The molecule has 2 aliphatic heterocycles. The lowest BCUT2D eigenvalue weighted by molar-refractivity contribution is -0.125. The third kappa shape index (κ3) is 5.52. The van der Waals surface area contributed by atoms with E-state index in [0.29, 0.717) is 27.4 Å². The summed E-state index contributed by atoms with van der Waals surface area (Å²) >= 11 is 12.6. The number of carbonyl (C=O) groups is 2. The molecular formula is C28H33Cl2N3O2. The van der Waals surface area contributed by atoms with Gasteiger partial charge in [-0.25, -0.2) is 0 Å². The first kappa shape index (κ1) is 24.6.